The molecule has 1 fully saturated rings. The summed E-state index contributed by atoms with van der Waals surface area (Å²) >= 11 is 0. The summed E-state index contributed by atoms with van der Waals surface area (Å²) < 4.78 is 0. The van der Waals surface area contributed by atoms with Crippen molar-refractivity contribution in [3.63, 3.8) is 0 Å². The van der Waals surface area contributed by atoms with Crippen molar-refractivity contribution >= 4 is 0 Å². The van der Waals surface area contributed by atoms with E-state index in [4.69, 9.17) is 0 Å². The van der Waals surface area contributed by atoms with E-state index < -0.39 is 0 Å². The van der Waals surface area contributed by atoms with Crippen LogP contribution in [-0.4, -0.2) is 55.1 Å². The molecule has 1 aromatic carbocycles. The van der Waals surface area contributed by atoms with Crippen LogP contribution in [0, 0.1) is 5.92 Å². The SMILES string of the molecule is CCNCC(C)C(C)N1CCN(Cc2ccccc2)CC1. The molecule has 1 aromatic rings. The Morgan fingerprint density at radius 3 is 2.33 bits per heavy atom. The highest BCUT2D eigenvalue weighted by atomic mass is 15.3. The molecule has 2 rings (SSSR count). The summed E-state index contributed by atoms with van der Waals surface area (Å²) in [6.07, 6.45) is 0. The molecule has 1 aliphatic heterocycles. The first-order valence-electron chi connectivity index (χ1n) is 8.41. The van der Waals surface area contributed by atoms with Gasteiger partial charge in [-0.2, -0.15) is 0 Å². The molecule has 0 radical (unpaired) electrons. The van der Waals surface area contributed by atoms with E-state index >= 15 is 0 Å². The minimum atomic E-state index is 0.669. The van der Waals surface area contributed by atoms with Crippen molar-refractivity contribution in [2.45, 2.75) is 33.4 Å². The smallest absolute Gasteiger partial charge is 0.0234 e. The lowest BCUT2D eigenvalue weighted by molar-refractivity contribution is 0.0770. The zero-order chi connectivity index (χ0) is 15.1. The Bertz CT molecular complexity index is 385. The van der Waals surface area contributed by atoms with E-state index in [2.05, 4.69) is 66.2 Å². The normalized spacial score (nSPS) is 20.3. The average molecular weight is 289 g/mol. The number of hydrogen-bond acceptors (Lipinski definition) is 3. The van der Waals surface area contributed by atoms with Crippen molar-refractivity contribution in [1.82, 2.24) is 15.1 Å². The monoisotopic (exact) mass is 289 g/mol. The minimum absolute atomic E-state index is 0.669. The van der Waals surface area contributed by atoms with Gasteiger partial charge < -0.3 is 5.32 Å². The highest BCUT2D eigenvalue weighted by Gasteiger charge is 2.24. The van der Waals surface area contributed by atoms with Crippen LogP contribution >= 0.6 is 0 Å². The third-order valence-corrected chi connectivity index (χ3v) is 4.77. The van der Waals surface area contributed by atoms with Crippen molar-refractivity contribution in [2.24, 2.45) is 5.92 Å². The third kappa shape index (κ3) is 5.10. The fourth-order valence-electron chi connectivity index (χ4n) is 3.07. The zero-order valence-corrected chi connectivity index (χ0v) is 13.9. The first-order valence-corrected chi connectivity index (χ1v) is 8.41. The molecule has 3 nitrogen and oxygen atoms in total. The van der Waals surface area contributed by atoms with E-state index in [0.717, 1.165) is 19.6 Å². The summed E-state index contributed by atoms with van der Waals surface area (Å²) in [5.74, 6) is 0.714. The second-order valence-corrected chi connectivity index (χ2v) is 6.32. The van der Waals surface area contributed by atoms with Crippen LogP contribution in [0.1, 0.15) is 26.3 Å². The molecule has 1 heterocycles. The molecule has 0 aromatic heterocycles. The Kier molecular flexibility index (Phi) is 6.68. The summed E-state index contributed by atoms with van der Waals surface area (Å²) in [6.45, 7) is 15.0. The molecule has 1 aliphatic rings. The molecule has 21 heavy (non-hydrogen) atoms. The van der Waals surface area contributed by atoms with Crippen LogP contribution in [0.3, 0.4) is 0 Å². The van der Waals surface area contributed by atoms with E-state index in [1.54, 1.807) is 0 Å². The van der Waals surface area contributed by atoms with Gasteiger partial charge in [0.2, 0.25) is 0 Å². The summed E-state index contributed by atoms with van der Waals surface area (Å²) in [5.41, 5.74) is 1.43. The van der Waals surface area contributed by atoms with Crippen LogP contribution in [0.5, 0.6) is 0 Å². The Morgan fingerprint density at radius 1 is 1.05 bits per heavy atom. The van der Waals surface area contributed by atoms with Crippen LogP contribution in [-0.2, 0) is 6.54 Å². The molecule has 0 aliphatic carbocycles. The molecule has 0 saturated carbocycles. The average Bonchev–Trinajstić information content (AvgIpc) is 2.53. The second kappa shape index (κ2) is 8.52. The molecule has 3 heteroatoms. The Labute approximate surface area is 130 Å². The van der Waals surface area contributed by atoms with Crippen LogP contribution < -0.4 is 5.32 Å². The van der Waals surface area contributed by atoms with Gasteiger partial charge in [-0.1, -0.05) is 44.2 Å². The highest BCUT2D eigenvalue weighted by molar-refractivity contribution is 5.14. The predicted octanol–water partition coefficient (Wildman–Crippen LogP) is 2.44. The number of nitrogens with zero attached hydrogens (tertiary/aromatic N) is 2. The van der Waals surface area contributed by atoms with Gasteiger partial charge in [0, 0.05) is 38.8 Å². The van der Waals surface area contributed by atoms with E-state index in [-0.39, 0.29) is 0 Å². The number of rotatable bonds is 7. The van der Waals surface area contributed by atoms with E-state index in [1.807, 2.05) is 0 Å². The van der Waals surface area contributed by atoms with Gasteiger partial charge >= 0.3 is 0 Å². The van der Waals surface area contributed by atoms with Crippen molar-refractivity contribution in [1.29, 1.82) is 0 Å². The van der Waals surface area contributed by atoms with Gasteiger partial charge in [0.15, 0.2) is 0 Å². The molecule has 1 saturated heterocycles. The Hall–Kier alpha value is -0.900. The molecule has 0 spiro atoms. The van der Waals surface area contributed by atoms with Crippen LogP contribution in [0.4, 0.5) is 0 Å². The van der Waals surface area contributed by atoms with Gasteiger partial charge in [-0.25, -0.2) is 0 Å². The fourth-order valence-corrected chi connectivity index (χ4v) is 3.07. The maximum Gasteiger partial charge on any atom is 0.0234 e. The van der Waals surface area contributed by atoms with Crippen LogP contribution in [0.15, 0.2) is 30.3 Å². The lowest BCUT2D eigenvalue weighted by Crippen LogP contribution is -2.51. The van der Waals surface area contributed by atoms with Crippen molar-refractivity contribution < 1.29 is 0 Å². The number of benzene rings is 1. The molecule has 2 atom stereocenters. The van der Waals surface area contributed by atoms with Gasteiger partial charge in [-0.05, 0) is 31.5 Å². The molecule has 1 N–H and O–H groups in total. The summed E-state index contributed by atoms with van der Waals surface area (Å²) in [4.78, 5) is 5.23. The van der Waals surface area contributed by atoms with E-state index in [0.29, 0.717) is 12.0 Å². The maximum atomic E-state index is 3.47. The van der Waals surface area contributed by atoms with Gasteiger partial charge in [-0.15, -0.1) is 0 Å². The quantitative estimate of drug-likeness (QED) is 0.832. The standard InChI is InChI=1S/C18H31N3/c1-4-19-14-16(2)17(3)21-12-10-20(11-13-21)15-18-8-6-5-7-9-18/h5-9,16-17,19H,4,10-15H2,1-3H3. The third-order valence-electron chi connectivity index (χ3n) is 4.77. The lowest BCUT2D eigenvalue weighted by atomic mass is 10.0. The number of nitrogens with one attached hydrogen (secondary N) is 1. The second-order valence-electron chi connectivity index (χ2n) is 6.32. The zero-order valence-electron chi connectivity index (χ0n) is 13.9. The van der Waals surface area contributed by atoms with Crippen molar-refractivity contribution in [3.05, 3.63) is 35.9 Å². The molecule has 0 amide bonds. The first kappa shape index (κ1) is 16.5. The molecular formula is C18H31N3. The number of hydrogen-bond donors (Lipinski definition) is 1. The van der Waals surface area contributed by atoms with Crippen LogP contribution in [0.25, 0.3) is 0 Å². The van der Waals surface area contributed by atoms with Gasteiger partial charge in [0.1, 0.15) is 0 Å². The molecule has 118 valence electrons. The van der Waals surface area contributed by atoms with Gasteiger partial charge in [-0.3, -0.25) is 9.80 Å². The van der Waals surface area contributed by atoms with E-state index in [1.165, 1.54) is 31.7 Å². The summed E-state index contributed by atoms with van der Waals surface area (Å²) in [7, 11) is 0. The lowest BCUT2D eigenvalue weighted by Gasteiger charge is -2.40. The maximum absolute atomic E-state index is 3.47. The molecule has 2 unspecified atom stereocenters. The summed E-state index contributed by atoms with van der Waals surface area (Å²) in [5, 5.41) is 3.47. The van der Waals surface area contributed by atoms with Gasteiger partial charge in [0.05, 0.1) is 0 Å². The highest BCUT2D eigenvalue weighted by Crippen LogP contribution is 2.15. The largest absolute Gasteiger partial charge is 0.317 e. The Balaban J connectivity index is 1.75. The number of piperazine rings is 1. The Morgan fingerprint density at radius 2 is 1.71 bits per heavy atom. The predicted molar refractivity (Wildman–Crippen MR) is 90.5 cm³/mol. The molecule has 0 bridgehead atoms. The topological polar surface area (TPSA) is 18.5 Å². The first-order chi connectivity index (χ1) is 10.2. The minimum Gasteiger partial charge on any atom is -0.317 e. The van der Waals surface area contributed by atoms with Crippen LogP contribution in [0.2, 0.25) is 0 Å². The van der Waals surface area contributed by atoms with Crippen molar-refractivity contribution in [3.8, 4) is 0 Å². The van der Waals surface area contributed by atoms with Crippen molar-refractivity contribution in [2.75, 3.05) is 39.3 Å². The fraction of sp³-hybridized carbons (Fsp3) is 0.667. The summed E-state index contributed by atoms with van der Waals surface area (Å²) in [6, 6.07) is 11.5. The van der Waals surface area contributed by atoms with E-state index in [9.17, 15) is 0 Å². The molecular weight excluding hydrogens is 258 g/mol. The van der Waals surface area contributed by atoms with Gasteiger partial charge in [0.25, 0.3) is 0 Å².